The SMILES string of the molecule is O=C(O)c1c(C(=O)O)c2sc3c(C(=O)O)c(C(=O)O)c4sc5c(C(=O)O)c(C(=O)O)c6sc7c(C(=O)O)c(C(=O)O)c8sc1c1c8c7c6c5c4c3c21. The van der Waals surface area contributed by atoms with Crippen LogP contribution >= 0.6 is 45.3 Å². The predicted octanol–water partition coefficient (Wildman–Crippen LogP) is 7.06. The standard InChI is InChI=1S/C32H8O16S4/c33-25(34)9-10(26(35)36)19-3-1-2-4-6-8-7-5(3)20(50-19)13(29(41)42)14(30(43)44)23(7)52-24(8)16(32(47)48)15(31(45)46)22(6)51-21(4)12(28(39)40)11(27(37)38)18(2)49-17(1)9/h(H,33,34)(H,35,36)(H,37,38)(H,39,40)(H,41,42)(H,43,44)(H,45,46)(H,47,48). The molecule has 52 heavy (non-hydrogen) atoms. The van der Waals surface area contributed by atoms with Crippen molar-refractivity contribution in [2.45, 2.75) is 0 Å². The van der Waals surface area contributed by atoms with Crippen molar-refractivity contribution >= 4 is 174 Å². The van der Waals surface area contributed by atoms with Crippen molar-refractivity contribution in [3.8, 4) is 0 Å². The summed E-state index contributed by atoms with van der Waals surface area (Å²) >= 11 is 1.83. The fourth-order valence-electron chi connectivity index (χ4n) is 7.58. The zero-order valence-electron chi connectivity index (χ0n) is 24.5. The number of carboxylic acids is 8. The summed E-state index contributed by atoms with van der Waals surface area (Å²) in [7, 11) is 0. The quantitative estimate of drug-likeness (QED) is 0.0766. The summed E-state index contributed by atoms with van der Waals surface area (Å²) in [5.41, 5.74) is -6.73. The number of rotatable bonds is 8. The molecule has 20 heteroatoms. The highest BCUT2D eigenvalue weighted by Crippen LogP contribution is 2.60. The van der Waals surface area contributed by atoms with E-state index in [1.54, 1.807) is 0 Å². The Morgan fingerprint density at radius 3 is 0.404 bits per heavy atom. The van der Waals surface area contributed by atoms with Crippen molar-refractivity contribution in [1.82, 2.24) is 0 Å². The van der Waals surface area contributed by atoms with Crippen molar-refractivity contribution < 1.29 is 79.2 Å². The molecule has 0 saturated heterocycles. The van der Waals surface area contributed by atoms with Gasteiger partial charge < -0.3 is 40.9 Å². The van der Waals surface area contributed by atoms with Crippen molar-refractivity contribution in [3.63, 3.8) is 0 Å². The van der Waals surface area contributed by atoms with Gasteiger partial charge in [-0.25, -0.2) is 38.4 Å². The number of benzene rings is 4. The summed E-state index contributed by atoms with van der Waals surface area (Å²) in [6.45, 7) is 0. The molecular weight excluding hydrogens is 769 g/mol. The lowest BCUT2D eigenvalue weighted by atomic mass is 9.87. The van der Waals surface area contributed by atoms with E-state index in [1.165, 1.54) is 0 Å². The van der Waals surface area contributed by atoms with Crippen LogP contribution in [0.3, 0.4) is 0 Å². The van der Waals surface area contributed by atoms with Gasteiger partial charge in [-0.2, -0.15) is 0 Å². The van der Waals surface area contributed by atoms with Crippen LogP contribution in [0.4, 0.5) is 0 Å². The Balaban J connectivity index is 1.87. The molecule has 0 aliphatic heterocycles. The normalized spacial score (nSPS) is 12.3. The van der Waals surface area contributed by atoms with Gasteiger partial charge in [0.1, 0.15) is 0 Å². The monoisotopic (exact) mass is 776 g/mol. The first kappa shape index (κ1) is 31.5. The number of thiophene rings is 4. The second-order valence-electron chi connectivity index (χ2n) is 11.5. The zero-order valence-corrected chi connectivity index (χ0v) is 27.7. The molecule has 256 valence electrons. The summed E-state index contributed by atoms with van der Waals surface area (Å²) < 4.78 is -2.66. The van der Waals surface area contributed by atoms with E-state index in [9.17, 15) is 79.2 Å². The Labute approximate surface area is 296 Å². The molecule has 9 rings (SSSR count). The summed E-state index contributed by atoms with van der Waals surface area (Å²) in [4.78, 5) is 104. The maximum Gasteiger partial charge on any atom is 0.338 e. The Bertz CT molecular complexity index is 2630. The Morgan fingerprint density at radius 1 is 0.231 bits per heavy atom. The minimum Gasteiger partial charge on any atom is -0.478 e. The molecule has 0 atom stereocenters. The maximum absolute atomic E-state index is 13.0. The first-order chi connectivity index (χ1) is 24.5. The molecule has 0 spiro atoms. The van der Waals surface area contributed by atoms with E-state index in [0.29, 0.717) is 45.3 Å². The molecule has 0 bridgehead atoms. The average molecular weight is 777 g/mol. The number of hydrogen-bond acceptors (Lipinski definition) is 12. The molecule has 4 aromatic heterocycles. The van der Waals surface area contributed by atoms with Gasteiger partial charge in [-0.05, 0) is 0 Å². The van der Waals surface area contributed by atoms with Crippen LogP contribution in [0.2, 0.25) is 0 Å². The molecule has 0 aliphatic carbocycles. The third kappa shape index (κ3) is 3.34. The van der Waals surface area contributed by atoms with E-state index >= 15 is 0 Å². The lowest BCUT2D eigenvalue weighted by Crippen LogP contribution is -2.09. The van der Waals surface area contributed by atoms with Gasteiger partial charge in [0.05, 0.1) is 82.1 Å². The van der Waals surface area contributed by atoms with Crippen LogP contribution in [-0.4, -0.2) is 88.6 Å². The van der Waals surface area contributed by atoms with E-state index < -0.39 is 92.3 Å². The van der Waals surface area contributed by atoms with Gasteiger partial charge >= 0.3 is 47.8 Å². The topological polar surface area (TPSA) is 298 Å². The number of hydrogen-bond donors (Lipinski definition) is 8. The van der Waals surface area contributed by atoms with Gasteiger partial charge in [0.25, 0.3) is 0 Å². The van der Waals surface area contributed by atoms with Crippen molar-refractivity contribution in [2.24, 2.45) is 0 Å². The lowest BCUT2D eigenvalue weighted by Gasteiger charge is -2.13. The maximum atomic E-state index is 13.0. The fraction of sp³-hybridized carbons (Fsp3) is 0. The molecule has 0 amide bonds. The van der Waals surface area contributed by atoms with Gasteiger partial charge in [0.15, 0.2) is 0 Å². The van der Waals surface area contributed by atoms with Crippen LogP contribution in [0, 0.1) is 0 Å². The largest absolute Gasteiger partial charge is 0.478 e. The molecule has 8 N–H and O–H groups in total. The fourth-order valence-corrected chi connectivity index (χ4v) is 13.2. The number of carboxylic acid groups (broad SMARTS) is 8. The minimum atomic E-state index is -1.79. The predicted molar refractivity (Wildman–Crippen MR) is 187 cm³/mol. The highest BCUT2D eigenvalue weighted by atomic mass is 32.1. The Hall–Kier alpha value is -6.48. The molecule has 0 radical (unpaired) electrons. The summed E-state index contributed by atoms with van der Waals surface area (Å²) in [5, 5.41) is 83.0. The van der Waals surface area contributed by atoms with Gasteiger partial charge in [-0.3, -0.25) is 0 Å². The van der Waals surface area contributed by atoms with Crippen LogP contribution in [0.1, 0.15) is 82.9 Å². The zero-order chi connectivity index (χ0) is 37.3. The van der Waals surface area contributed by atoms with E-state index in [2.05, 4.69) is 0 Å². The lowest BCUT2D eigenvalue weighted by molar-refractivity contribution is 0.0655. The van der Waals surface area contributed by atoms with E-state index in [0.717, 1.165) is 0 Å². The summed E-state index contributed by atoms with van der Waals surface area (Å²) in [6, 6.07) is 0. The van der Waals surface area contributed by atoms with Crippen LogP contribution < -0.4 is 0 Å². The van der Waals surface area contributed by atoms with Crippen molar-refractivity contribution in [1.29, 1.82) is 0 Å². The average Bonchev–Trinajstić information content (AvgIpc) is 3.78. The van der Waals surface area contributed by atoms with Gasteiger partial charge in [-0.15, -0.1) is 45.3 Å². The van der Waals surface area contributed by atoms with Crippen molar-refractivity contribution in [3.05, 3.63) is 44.5 Å². The molecule has 0 aliphatic rings. The van der Waals surface area contributed by atoms with Gasteiger partial charge in [-0.1, -0.05) is 0 Å². The minimum absolute atomic E-state index is 0.113. The molecular formula is C32H8O16S4. The molecule has 0 saturated carbocycles. The Kier molecular flexibility index (Phi) is 5.84. The third-order valence-electron chi connectivity index (χ3n) is 9.16. The molecule has 0 unspecified atom stereocenters. The van der Waals surface area contributed by atoms with Gasteiger partial charge in [0, 0.05) is 43.1 Å². The summed E-state index contributed by atoms with van der Waals surface area (Å²) in [6.07, 6.45) is 0. The number of carbonyl (C=O) groups is 8. The van der Waals surface area contributed by atoms with Crippen LogP contribution in [-0.2, 0) is 0 Å². The molecule has 0 fully saturated rings. The second-order valence-corrected chi connectivity index (χ2v) is 15.6. The van der Waals surface area contributed by atoms with Crippen LogP contribution in [0.25, 0.3) is 80.7 Å². The van der Waals surface area contributed by atoms with E-state index in [-0.39, 0.29) is 80.7 Å². The first-order valence-corrected chi connectivity index (χ1v) is 17.3. The molecule has 16 nitrogen and oxygen atoms in total. The number of aromatic carboxylic acids is 8. The second kappa shape index (κ2) is 9.64. The van der Waals surface area contributed by atoms with Crippen LogP contribution in [0.5, 0.6) is 0 Å². The van der Waals surface area contributed by atoms with E-state index in [4.69, 9.17) is 0 Å². The van der Waals surface area contributed by atoms with Crippen LogP contribution in [0.15, 0.2) is 0 Å². The highest BCUT2D eigenvalue weighted by Gasteiger charge is 2.40. The van der Waals surface area contributed by atoms with Crippen molar-refractivity contribution in [2.75, 3.05) is 0 Å². The van der Waals surface area contributed by atoms with E-state index in [1.807, 2.05) is 0 Å². The molecule has 9 aromatic rings. The Morgan fingerprint density at radius 2 is 0.327 bits per heavy atom. The molecule has 5 aromatic carbocycles. The molecule has 4 heterocycles. The van der Waals surface area contributed by atoms with Gasteiger partial charge in [0.2, 0.25) is 0 Å². The third-order valence-corrected chi connectivity index (χ3v) is 14.1. The smallest absolute Gasteiger partial charge is 0.338 e. The summed E-state index contributed by atoms with van der Waals surface area (Å²) in [5.74, 6) is -14.3. The first-order valence-electron chi connectivity index (χ1n) is 14.1. The highest BCUT2D eigenvalue weighted by molar-refractivity contribution is 7.32.